The van der Waals surface area contributed by atoms with E-state index in [0.717, 1.165) is 33.9 Å². The van der Waals surface area contributed by atoms with Gasteiger partial charge in [-0.25, -0.2) is 4.98 Å². The molecule has 0 amide bonds. The SMILES string of the molecule is CCOc1ccc(-c2nc3ccccn3c2N=Nc2ccccc2C)cc1. The molecule has 0 N–H and O–H groups in total. The van der Waals surface area contributed by atoms with Crippen molar-refractivity contribution in [1.82, 2.24) is 9.38 Å². The van der Waals surface area contributed by atoms with E-state index in [1.165, 1.54) is 0 Å². The lowest BCUT2D eigenvalue weighted by atomic mass is 10.1. The summed E-state index contributed by atoms with van der Waals surface area (Å²) < 4.78 is 7.49. The standard InChI is InChI=1S/C22H20N4O/c1-3-27-18-13-11-17(12-14-18)21-22(26-15-7-6-10-20(26)23-21)25-24-19-9-5-4-8-16(19)2/h4-15H,3H2,1-2H3. The Balaban J connectivity index is 1.81. The highest BCUT2D eigenvalue weighted by atomic mass is 16.5. The Morgan fingerprint density at radius 3 is 2.48 bits per heavy atom. The van der Waals surface area contributed by atoms with Gasteiger partial charge in [0.1, 0.15) is 17.1 Å². The second kappa shape index (κ2) is 7.41. The van der Waals surface area contributed by atoms with Crippen molar-refractivity contribution in [3.05, 3.63) is 78.5 Å². The summed E-state index contributed by atoms with van der Waals surface area (Å²) in [7, 11) is 0. The van der Waals surface area contributed by atoms with Crippen molar-refractivity contribution in [3.63, 3.8) is 0 Å². The molecular formula is C22H20N4O. The van der Waals surface area contributed by atoms with E-state index < -0.39 is 0 Å². The zero-order valence-corrected chi connectivity index (χ0v) is 15.3. The van der Waals surface area contributed by atoms with E-state index in [4.69, 9.17) is 9.72 Å². The van der Waals surface area contributed by atoms with Crippen molar-refractivity contribution >= 4 is 17.2 Å². The smallest absolute Gasteiger partial charge is 0.187 e. The van der Waals surface area contributed by atoms with Gasteiger partial charge >= 0.3 is 0 Å². The van der Waals surface area contributed by atoms with Crippen LogP contribution in [0.4, 0.5) is 11.5 Å². The first-order chi connectivity index (χ1) is 13.3. The first kappa shape index (κ1) is 17.0. The molecular weight excluding hydrogens is 336 g/mol. The van der Waals surface area contributed by atoms with Crippen LogP contribution in [0.3, 0.4) is 0 Å². The predicted octanol–water partition coefficient (Wildman–Crippen LogP) is 6.12. The molecule has 134 valence electrons. The van der Waals surface area contributed by atoms with Crippen molar-refractivity contribution in [2.24, 2.45) is 10.2 Å². The second-order valence-electron chi connectivity index (χ2n) is 6.16. The fraction of sp³-hybridized carbons (Fsp3) is 0.136. The minimum absolute atomic E-state index is 0.642. The molecule has 0 atom stereocenters. The topological polar surface area (TPSA) is 51.2 Å². The van der Waals surface area contributed by atoms with Gasteiger partial charge in [-0.1, -0.05) is 24.3 Å². The van der Waals surface area contributed by atoms with Crippen molar-refractivity contribution in [2.45, 2.75) is 13.8 Å². The Kier molecular flexibility index (Phi) is 4.66. The maximum atomic E-state index is 5.54. The number of nitrogens with zero attached hydrogens (tertiary/aromatic N) is 4. The molecule has 0 fully saturated rings. The summed E-state index contributed by atoms with van der Waals surface area (Å²) in [5, 5.41) is 9.03. The number of ether oxygens (including phenoxy) is 1. The summed E-state index contributed by atoms with van der Waals surface area (Å²) in [5.74, 6) is 1.55. The van der Waals surface area contributed by atoms with Crippen LogP contribution in [-0.4, -0.2) is 16.0 Å². The Morgan fingerprint density at radius 2 is 1.70 bits per heavy atom. The third-order valence-corrected chi connectivity index (χ3v) is 4.31. The molecule has 0 radical (unpaired) electrons. The largest absolute Gasteiger partial charge is 0.494 e. The molecule has 0 saturated heterocycles. The molecule has 0 bridgehead atoms. The molecule has 5 heteroatoms. The fourth-order valence-corrected chi connectivity index (χ4v) is 2.92. The second-order valence-corrected chi connectivity index (χ2v) is 6.16. The number of imidazole rings is 1. The predicted molar refractivity (Wildman–Crippen MR) is 107 cm³/mol. The molecule has 0 unspecified atom stereocenters. The van der Waals surface area contributed by atoms with Gasteiger partial charge in [0.2, 0.25) is 0 Å². The molecule has 2 heterocycles. The van der Waals surface area contributed by atoms with E-state index in [0.29, 0.717) is 12.4 Å². The molecule has 0 aliphatic carbocycles. The number of aryl methyl sites for hydroxylation is 1. The maximum Gasteiger partial charge on any atom is 0.187 e. The minimum atomic E-state index is 0.642. The molecule has 2 aromatic heterocycles. The zero-order chi connectivity index (χ0) is 18.6. The Bertz CT molecular complexity index is 1100. The third-order valence-electron chi connectivity index (χ3n) is 4.31. The molecule has 0 saturated carbocycles. The number of rotatable bonds is 5. The Labute approximate surface area is 158 Å². The molecule has 0 spiro atoms. The Morgan fingerprint density at radius 1 is 0.926 bits per heavy atom. The van der Waals surface area contributed by atoms with Crippen molar-refractivity contribution in [1.29, 1.82) is 0 Å². The van der Waals surface area contributed by atoms with Crippen LogP contribution < -0.4 is 4.74 Å². The number of fused-ring (bicyclic) bond motifs is 1. The summed E-state index contributed by atoms with van der Waals surface area (Å²) in [4.78, 5) is 4.76. The number of hydrogen-bond donors (Lipinski definition) is 0. The van der Waals surface area contributed by atoms with E-state index >= 15 is 0 Å². The van der Waals surface area contributed by atoms with Crippen molar-refractivity contribution in [3.8, 4) is 17.0 Å². The normalized spacial score (nSPS) is 11.3. The lowest BCUT2D eigenvalue weighted by Crippen LogP contribution is -1.90. The highest BCUT2D eigenvalue weighted by Gasteiger charge is 2.14. The van der Waals surface area contributed by atoms with Crippen molar-refractivity contribution < 1.29 is 4.74 Å². The van der Waals surface area contributed by atoms with Gasteiger partial charge in [0, 0.05) is 11.8 Å². The summed E-state index contributed by atoms with van der Waals surface area (Å²) in [6, 6.07) is 21.7. The lowest BCUT2D eigenvalue weighted by Gasteiger charge is -2.04. The zero-order valence-electron chi connectivity index (χ0n) is 15.3. The van der Waals surface area contributed by atoms with Crippen LogP contribution in [0, 0.1) is 6.92 Å². The number of azo groups is 1. The molecule has 27 heavy (non-hydrogen) atoms. The van der Waals surface area contributed by atoms with Crippen molar-refractivity contribution in [2.75, 3.05) is 6.61 Å². The lowest BCUT2D eigenvalue weighted by molar-refractivity contribution is 0.340. The minimum Gasteiger partial charge on any atom is -0.494 e. The highest BCUT2D eigenvalue weighted by molar-refractivity contribution is 5.74. The van der Waals surface area contributed by atoms with Crippen LogP contribution in [0.2, 0.25) is 0 Å². The summed E-state index contributed by atoms with van der Waals surface area (Å²) >= 11 is 0. The van der Waals surface area contributed by atoms with E-state index in [9.17, 15) is 0 Å². The van der Waals surface area contributed by atoms with Crippen LogP contribution in [0.25, 0.3) is 16.9 Å². The van der Waals surface area contributed by atoms with Crippen LogP contribution in [-0.2, 0) is 0 Å². The summed E-state index contributed by atoms with van der Waals surface area (Å²) in [6.07, 6.45) is 1.95. The number of benzene rings is 2. The van der Waals surface area contributed by atoms with Gasteiger partial charge in [-0.05, 0) is 61.9 Å². The molecule has 4 rings (SSSR count). The average Bonchev–Trinajstić information content (AvgIpc) is 3.07. The summed E-state index contributed by atoms with van der Waals surface area (Å²) in [6.45, 7) is 4.64. The van der Waals surface area contributed by atoms with Crippen LogP contribution >= 0.6 is 0 Å². The van der Waals surface area contributed by atoms with E-state index in [1.54, 1.807) is 0 Å². The average molecular weight is 356 g/mol. The monoisotopic (exact) mass is 356 g/mol. The Hall–Kier alpha value is -3.47. The maximum absolute atomic E-state index is 5.54. The fourth-order valence-electron chi connectivity index (χ4n) is 2.92. The van der Waals surface area contributed by atoms with Gasteiger partial charge in [-0.2, -0.15) is 0 Å². The molecule has 0 aliphatic rings. The molecule has 4 aromatic rings. The number of aromatic nitrogens is 2. The first-order valence-corrected chi connectivity index (χ1v) is 8.94. The number of hydrogen-bond acceptors (Lipinski definition) is 4. The quantitative estimate of drug-likeness (QED) is 0.404. The van der Waals surface area contributed by atoms with E-state index in [2.05, 4.69) is 10.2 Å². The van der Waals surface area contributed by atoms with Crippen LogP contribution in [0.5, 0.6) is 5.75 Å². The van der Waals surface area contributed by atoms with Gasteiger partial charge in [-0.3, -0.25) is 4.40 Å². The van der Waals surface area contributed by atoms with Gasteiger partial charge in [0.15, 0.2) is 5.82 Å². The van der Waals surface area contributed by atoms with Gasteiger partial charge in [0.25, 0.3) is 0 Å². The van der Waals surface area contributed by atoms with Crippen LogP contribution in [0.15, 0.2) is 83.2 Å². The molecule has 5 nitrogen and oxygen atoms in total. The van der Waals surface area contributed by atoms with Gasteiger partial charge in [0.05, 0.1) is 12.3 Å². The van der Waals surface area contributed by atoms with E-state index in [-0.39, 0.29) is 0 Å². The first-order valence-electron chi connectivity index (χ1n) is 8.94. The third kappa shape index (κ3) is 3.44. The van der Waals surface area contributed by atoms with Gasteiger partial charge in [-0.15, -0.1) is 10.2 Å². The molecule has 2 aromatic carbocycles. The summed E-state index contributed by atoms with van der Waals surface area (Å²) in [5.41, 5.74) is 4.53. The highest BCUT2D eigenvalue weighted by Crippen LogP contribution is 2.33. The van der Waals surface area contributed by atoms with E-state index in [1.807, 2.05) is 91.2 Å². The van der Waals surface area contributed by atoms with Crippen LogP contribution in [0.1, 0.15) is 12.5 Å². The van der Waals surface area contributed by atoms with Gasteiger partial charge < -0.3 is 4.74 Å². The molecule has 0 aliphatic heterocycles. The number of pyridine rings is 1.